The zero-order valence-electron chi connectivity index (χ0n) is 11.9. The molecule has 0 aliphatic rings. The number of carbonyl (C=O) groups excluding carboxylic acids is 1. The number of ether oxygens (including phenoxy) is 1. The molecule has 0 fully saturated rings. The lowest BCUT2D eigenvalue weighted by atomic mass is 10.1. The fourth-order valence-corrected chi connectivity index (χ4v) is 1.72. The molecule has 0 spiro atoms. The van der Waals surface area contributed by atoms with E-state index in [1.165, 1.54) is 0 Å². The summed E-state index contributed by atoms with van der Waals surface area (Å²) in [6.07, 6.45) is 0.407. The molecule has 0 saturated carbocycles. The average molecular weight is 310 g/mol. The van der Waals surface area contributed by atoms with Crippen LogP contribution in [-0.4, -0.2) is 28.7 Å². The summed E-state index contributed by atoms with van der Waals surface area (Å²) in [6, 6.07) is 6.59. The summed E-state index contributed by atoms with van der Waals surface area (Å²) in [5.41, 5.74) is 0.674. The lowest BCUT2D eigenvalue weighted by molar-refractivity contribution is -0.139. The van der Waals surface area contributed by atoms with E-state index in [1.54, 1.807) is 24.3 Å². The van der Waals surface area contributed by atoms with Crippen molar-refractivity contribution in [2.75, 3.05) is 11.9 Å². The van der Waals surface area contributed by atoms with Gasteiger partial charge in [0.25, 0.3) is 0 Å². The van der Waals surface area contributed by atoms with Crippen molar-refractivity contribution in [3.63, 3.8) is 0 Å². The normalized spacial score (nSPS) is 10.0. The predicted molar refractivity (Wildman–Crippen MR) is 83.4 cm³/mol. The minimum atomic E-state index is -1.04. The van der Waals surface area contributed by atoms with Crippen LogP contribution in [0.3, 0.4) is 0 Å². The zero-order valence-corrected chi connectivity index (χ0v) is 12.7. The maximum Gasteiger partial charge on any atom is 0.341 e. The van der Waals surface area contributed by atoms with Crippen molar-refractivity contribution in [1.29, 1.82) is 0 Å². The van der Waals surface area contributed by atoms with Crippen LogP contribution >= 0.6 is 12.2 Å². The number of amides is 1. The molecular weight excluding hydrogens is 292 g/mol. The van der Waals surface area contributed by atoms with E-state index in [0.29, 0.717) is 17.9 Å². The second kappa shape index (κ2) is 8.21. The largest absolute Gasteiger partial charge is 0.482 e. The van der Waals surface area contributed by atoms with Crippen molar-refractivity contribution < 1.29 is 19.4 Å². The molecule has 1 aromatic carbocycles. The van der Waals surface area contributed by atoms with Gasteiger partial charge in [-0.15, -0.1) is 0 Å². The van der Waals surface area contributed by atoms with Crippen molar-refractivity contribution >= 4 is 34.9 Å². The van der Waals surface area contributed by atoms with Crippen molar-refractivity contribution in [3.8, 4) is 5.75 Å². The van der Waals surface area contributed by atoms with Crippen molar-refractivity contribution in [2.24, 2.45) is 5.92 Å². The lowest BCUT2D eigenvalue weighted by Crippen LogP contribution is -2.34. The Hall–Kier alpha value is -2.15. The van der Waals surface area contributed by atoms with Gasteiger partial charge in [-0.1, -0.05) is 13.8 Å². The first-order valence-electron chi connectivity index (χ1n) is 6.42. The van der Waals surface area contributed by atoms with Gasteiger partial charge in [-0.2, -0.15) is 0 Å². The molecule has 0 heterocycles. The number of hydrogen-bond donors (Lipinski definition) is 3. The van der Waals surface area contributed by atoms with E-state index in [4.69, 9.17) is 22.1 Å². The molecule has 0 atom stereocenters. The fourth-order valence-electron chi connectivity index (χ4n) is 1.49. The summed E-state index contributed by atoms with van der Waals surface area (Å²) in [5, 5.41) is 14.2. The number of nitrogens with one attached hydrogen (secondary N) is 2. The Morgan fingerprint density at radius 2 is 1.90 bits per heavy atom. The number of carbonyl (C=O) groups is 2. The summed E-state index contributed by atoms with van der Waals surface area (Å²) in [5.74, 6) is -0.466. The first-order valence-corrected chi connectivity index (χ1v) is 6.83. The Labute approximate surface area is 128 Å². The van der Waals surface area contributed by atoms with Crippen LogP contribution in [0.2, 0.25) is 0 Å². The number of hydrogen-bond acceptors (Lipinski definition) is 4. The highest BCUT2D eigenvalue weighted by Gasteiger charge is 2.07. The third-order valence-electron chi connectivity index (χ3n) is 2.32. The van der Waals surface area contributed by atoms with Crippen molar-refractivity contribution in [2.45, 2.75) is 20.3 Å². The van der Waals surface area contributed by atoms with Gasteiger partial charge in [0.05, 0.1) is 0 Å². The average Bonchev–Trinajstić information content (AvgIpc) is 2.36. The van der Waals surface area contributed by atoms with Gasteiger partial charge in [-0.25, -0.2) is 4.79 Å². The second-order valence-corrected chi connectivity index (χ2v) is 5.22. The highest BCUT2D eigenvalue weighted by atomic mass is 32.1. The molecule has 0 unspecified atom stereocenters. The van der Waals surface area contributed by atoms with Gasteiger partial charge in [0.15, 0.2) is 11.7 Å². The fraction of sp³-hybridized carbons (Fsp3) is 0.357. The molecule has 0 radical (unpaired) electrons. The molecule has 1 aromatic rings. The van der Waals surface area contributed by atoms with E-state index in [1.807, 2.05) is 13.8 Å². The summed E-state index contributed by atoms with van der Waals surface area (Å²) in [7, 11) is 0. The van der Waals surface area contributed by atoms with E-state index < -0.39 is 12.6 Å². The minimum absolute atomic E-state index is 0.135. The monoisotopic (exact) mass is 310 g/mol. The number of carboxylic acids is 1. The van der Waals surface area contributed by atoms with Gasteiger partial charge in [0.2, 0.25) is 5.91 Å². The van der Waals surface area contributed by atoms with Crippen LogP contribution in [0, 0.1) is 5.92 Å². The summed E-state index contributed by atoms with van der Waals surface area (Å²) >= 11 is 5.03. The Kier molecular flexibility index (Phi) is 6.61. The minimum Gasteiger partial charge on any atom is -0.482 e. The highest BCUT2D eigenvalue weighted by molar-refractivity contribution is 7.80. The van der Waals surface area contributed by atoms with Crippen LogP contribution < -0.4 is 15.4 Å². The van der Waals surface area contributed by atoms with Crippen LogP contribution in [0.5, 0.6) is 5.75 Å². The Bertz CT molecular complexity index is 514. The number of benzene rings is 1. The van der Waals surface area contributed by atoms with E-state index >= 15 is 0 Å². The smallest absolute Gasteiger partial charge is 0.341 e. The second-order valence-electron chi connectivity index (χ2n) is 4.81. The van der Waals surface area contributed by atoms with Gasteiger partial charge in [-0.05, 0) is 42.4 Å². The number of rotatable bonds is 6. The molecule has 114 valence electrons. The third kappa shape index (κ3) is 7.26. The Morgan fingerprint density at radius 1 is 1.29 bits per heavy atom. The van der Waals surface area contributed by atoms with Gasteiger partial charge in [0, 0.05) is 12.1 Å². The van der Waals surface area contributed by atoms with Crippen molar-refractivity contribution in [3.05, 3.63) is 24.3 Å². The first kappa shape index (κ1) is 16.9. The van der Waals surface area contributed by atoms with Crippen LogP contribution in [0.25, 0.3) is 0 Å². The van der Waals surface area contributed by atoms with Crippen LogP contribution in [0.1, 0.15) is 20.3 Å². The van der Waals surface area contributed by atoms with Crippen LogP contribution in [0.4, 0.5) is 5.69 Å². The van der Waals surface area contributed by atoms with Crippen LogP contribution in [-0.2, 0) is 9.59 Å². The van der Waals surface area contributed by atoms with Crippen molar-refractivity contribution in [1.82, 2.24) is 5.32 Å². The zero-order chi connectivity index (χ0) is 15.8. The molecule has 0 aliphatic carbocycles. The lowest BCUT2D eigenvalue weighted by Gasteiger charge is -2.11. The number of anilines is 1. The molecule has 6 nitrogen and oxygen atoms in total. The summed E-state index contributed by atoms with van der Waals surface area (Å²) < 4.78 is 5.01. The number of aliphatic carboxylic acids is 1. The number of thiocarbonyl (C=S) groups is 1. The molecule has 0 saturated heterocycles. The molecule has 7 heteroatoms. The maximum absolute atomic E-state index is 11.5. The maximum atomic E-state index is 11.5. The Balaban J connectivity index is 2.46. The Morgan fingerprint density at radius 3 is 2.43 bits per heavy atom. The molecule has 0 aromatic heterocycles. The SMILES string of the molecule is CC(C)CC(=O)NC(=S)Nc1ccc(OCC(=O)O)cc1. The van der Waals surface area contributed by atoms with E-state index in [-0.39, 0.29) is 16.9 Å². The first-order chi connectivity index (χ1) is 9.86. The van der Waals surface area contributed by atoms with E-state index in [0.717, 1.165) is 0 Å². The summed E-state index contributed by atoms with van der Waals surface area (Å²) in [6.45, 7) is 3.51. The predicted octanol–water partition coefficient (Wildman–Crippen LogP) is 2.01. The molecule has 1 rings (SSSR count). The molecule has 21 heavy (non-hydrogen) atoms. The van der Waals surface area contributed by atoms with Gasteiger partial charge in [0.1, 0.15) is 5.75 Å². The number of carboxylic acid groups (broad SMARTS) is 1. The quantitative estimate of drug-likeness (QED) is 0.697. The highest BCUT2D eigenvalue weighted by Crippen LogP contribution is 2.15. The topological polar surface area (TPSA) is 87.7 Å². The van der Waals surface area contributed by atoms with Gasteiger partial charge < -0.3 is 20.5 Å². The van der Waals surface area contributed by atoms with Gasteiger partial charge >= 0.3 is 5.97 Å². The van der Waals surface area contributed by atoms with Gasteiger partial charge in [-0.3, -0.25) is 4.79 Å². The molecule has 0 bridgehead atoms. The van der Waals surface area contributed by atoms with E-state index in [9.17, 15) is 9.59 Å². The van der Waals surface area contributed by atoms with E-state index in [2.05, 4.69) is 10.6 Å². The molecule has 0 aliphatic heterocycles. The third-order valence-corrected chi connectivity index (χ3v) is 2.53. The molecule has 1 amide bonds. The molecule has 3 N–H and O–H groups in total. The standard InChI is InChI=1S/C14H18N2O4S/c1-9(2)7-12(17)16-14(21)15-10-3-5-11(6-4-10)20-8-13(18)19/h3-6,9H,7-8H2,1-2H3,(H,18,19)(H2,15,16,17,21). The van der Waals surface area contributed by atoms with Crippen LogP contribution in [0.15, 0.2) is 24.3 Å². The summed E-state index contributed by atoms with van der Waals surface area (Å²) in [4.78, 5) is 21.9. The molecular formula is C14H18N2O4S.